The van der Waals surface area contributed by atoms with E-state index >= 15 is 0 Å². The standard InChI is InChI=1S/C11H12Br2N4O/c1-2-3-17-9(6-15-16-17)11(18)10-8(13)4-7(12)5-14-10/h4-6,11,18H,2-3H2,1H3. The van der Waals surface area contributed by atoms with E-state index in [1.165, 1.54) is 0 Å². The van der Waals surface area contributed by atoms with Crippen LogP contribution in [0.2, 0.25) is 0 Å². The Kier molecular flexibility index (Phi) is 4.47. The lowest BCUT2D eigenvalue weighted by Gasteiger charge is -2.13. The van der Waals surface area contributed by atoms with Crippen LogP contribution in [0.4, 0.5) is 0 Å². The number of pyridine rings is 1. The van der Waals surface area contributed by atoms with E-state index < -0.39 is 6.10 Å². The van der Waals surface area contributed by atoms with Gasteiger partial charge in [0.05, 0.1) is 17.6 Å². The molecule has 1 N–H and O–H groups in total. The van der Waals surface area contributed by atoms with Crippen LogP contribution in [0.15, 0.2) is 27.4 Å². The minimum Gasteiger partial charge on any atom is -0.380 e. The summed E-state index contributed by atoms with van der Waals surface area (Å²) in [6.45, 7) is 2.77. The Bertz CT molecular complexity index is 544. The number of hydrogen-bond acceptors (Lipinski definition) is 4. The highest BCUT2D eigenvalue weighted by molar-refractivity contribution is 9.11. The van der Waals surface area contributed by atoms with Gasteiger partial charge in [-0.25, -0.2) is 4.68 Å². The lowest BCUT2D eigenvalue weighted by atomic mass is 10.2. The summed E-state index contributed by atoms with van der Waals surface area (Å²) in [5.41, 5.74) is 1.20. The van der Waals surface area contributed by atoms with Gasteiger partial charge in [0.15, 0.2) is 0 Å². The zero-order valence-electron chi connectivity index (χ0n) is 9.72. The maximum Gasteiger partial charge on any atom is 0.140 e. The van der Waals surface area contributed by atoms with E-state index in [4.69, 9.17) is 0 Å². The third kappa shape index (κ3) is 2.78. The van der Waals surface area contributed by atoms with Gasteiger partial charge >= 0.3 is 0 Å². The monoisotopic (exact) mass is 374 g/mol. The van der Waals surface area contributed by atoms with Crippen LogP contribution in [0.5, 0.6) is 0 Å². The fraction of sp³-hybridized carbons (Fsp3) is 0.364. The molecule has 0 saturated carbocycles. The maximum atomic E-state index is 10.4. The first-order valence-corrected chi connectivity index (χ1v) is 7.09. The number of nitrogens with zero attached hydrogens (tertiary/aromatic N) is 4. The van der Waals surface area contributed by atoms with Gasteiger partial charge in [0, 0.05) is 21.7 Å². The Balaban J connectivity index is 2.35. The molecule has 0 aliphatic carbocycles. The quantitative estimate of drug-likeness (QED) is 0.892. The van der Waals surface area contributed by atoms with Crippen molar-refractivity contribution in [2.24, 2.45) is 0 Å². The molecule has 0 radical (unpaired) electrons. The maximum absolute atomic E-state index is 10.4. The summed E-state index contributed by atoms with van der Waals surface area (Å²) in [6, 6.07) is 1.85. The normalized spacial score (nSPS) is 12.7. The molecule has 0 bridgehead atoms. The Labute approximate surface area is 121 Å². The number of aryl methyl sites for hydroxylation is 1. The molecule has 2 heterocycles. The van der Waals surface area contributed by atoms with Crippen LogP contribution >= 0.6 is 31.9 Å². The van der Waals surface area contributed by atoms with Crippen LogP contribution in [0.3, 0.4) is 0 Å². The smallest absolute Gasteiger partial charge is 0.140 e. The van der Waals surface area contributed by atoms with Gasteiger partial charge in [-0.2, -0.15) is 0 Å². The average molecular weight is 376 g/mol. The third-order valence-corrected chi connectivity index (χ3v) is 3.53. The summed E-state index contributed by atoms with van der Waals surface area (Å²) in [5, 5.41) is 18.1. The van der Waals surface area contributed by atoms with Crippen molar-refractivity contribution in [2.45, 2.75) is 26.0 Å². The first-order chi connectivity index (χ1) is 8.63. The summed E-state index contributed by atoms with van der Waals surface area (Å²) in [7, 11) is 0. The van der Waals surface area contributed by atoms with Gasteiger partial charge < -0.3 is 5.11 Å². The lowest BCUT2D eigenvalue weighted by molar-refractivity contribution is 0.201. The van der Waals surface area contributed by atoms with Crippen LogP contribution < -0.4 is 0 Å². The Hall–Kier alpha value is -0.790. The van der Waals surface area contributed by atoms with Crippen LogP contribution in [-0.2, 0) is 6.54 Å². The van der Waals surface area contributed by atoms with Crippen molar-refractivity contribution in [1.82, 2.24) is 20.0 Å². The fourth-order valence-corrected chi connectivity index (χ4v) is 2.83. The van der Waals surface area contributed by atoms with Crippen LogP contribution in [0.25, 0.3) is 0 Å². The van der Waals surface area contributed by atoms with E-state index in [9.17, 15) is 5.11 Å². The second kappa shape index (κ2) is 5.90. The molecule has 96 valence electrons. The number of aliphatic hydroxyl groups is 1. The van der Waals surface area contributed by atoms with Gasteiger partial charge in [0.1, 0.15) is 6.10 Å². The summed E-state index contributed by atoms with van der Waals surface area (Å²) in [4.78, 5) is 4.22. The van der Waals surface area contributed by atoms with Gasteiger partial charge in [-0.3, -0.25) is 4.98 Å². The Morgan fingerprint density at radius 2 is 2.17 bits per heavy atom. The fourth-order valence-electron chi connectivity index (χ4n) is 1.63. The van der Waals surface area contributed by atoms with Crippen molar-refractivity contribution >= 4 is 31.9 Å². The van der Waals surface area contributed by atoms with Gasteiger partial charge in [-0.1, -0.05) is 12.1 Å². The van der Waals surface area contributed by atoms with Crippen molar-refractivity contribution in [1.29, 1.82) is 0 Å². The minimum absolute atomic E-state index is 0.554. The highest BCUT2D eigenvalue weighted by atomic mass is 79.9. The van der Waals surface area contributed by atoms with Gasteiger partial charge in [0.2, 0.25) is 0 Å². The predicted molar refractivity (Wildman–Crippen MR) is 74.0 cm³/mol. The molecule has 18 heavy (non-hydrogen) atoms. The topological polar surface area (TPSA) is 63.8 Å². The highest BCUT2D eigenvalue weighted by Crippen LogP contribution is 2.28. The molecule has 2 rings (SSSR count). The summed E-state index contributed by atoms with van der Waals surface area (Å²) in [5.74, 6) is 0. The van der Waals surface area contributed by atoms with Gasteiger partial charge in [-0.15, -0.1) is 5.10 Å². The number of aromatic nitrogens is 4. The molecule has 0 spiro atoms. The van der Waals surface area contributed by atoms with E-state index in [-0.39, 0.29) is 0 Å². The highest BCUT2D eigenvalue weighted by Gasteiger charge is 2.20. The molecule has 5 nitrogen and oxygen atoms in total. The Morgan fingerprint density at radius 3 is 2.83 bits per heavy atom. The number of rotatable bonds is 4. The largest absolute Gasteiger partial charge is 0.380 e. The molecule has 1 atom stereocenters. The average Bonchev–Trinajstić information content (AvgIpc) is 2.77. The molecule has 1 unspecified atom stereocenters. The molecule has 0 saturated heterocycles. The number of hydrogen-bond donors (Lipinski definition) is 1. The zero-order valence-corrected chi connectivity index (χ0v) is 12.9. The van der Waals surface area contributed by atoms with E-state index in [1.807, 2.05) is 13.0 Å². The third-order valence-electron chi connectivity index (χ3n) is 2.46. The molecule has 0 fully saturated rings. The first-order valence-electron chi connectivity index (χ1n) is 5.51. The molecule has 0 aliphatic heterocycles. The van der Waals surface area contributed by atoms with Gasteiger partial charge in [-0.05, 0) is 44.3 Å². The minimum atomic E-state index is -0.839. The number of aliphatic hydroxyl groups excluding tert-OH is 1. The molecular formula is C11H12Br2N4O. The van der Waals surface area contributed by atoms with Crippen LogP contribution in [0.1, 0.15) is 30.8 Å². The van der Waals surface area contributed by atoms with Crippen LogP contribution in [-0.4, -0.2) is 25.1 Å². The summed E-state index contributed by atoms with van der Waals surface area (Å²) < 4.78 is 3.29. The molecule has 0 aromatic carbocycles. The molecule has 2 aromatic rings. The van der Waals surface area contributed by atoms with Crippen molar-refractivity contribution in [3.63, 3.8) is 0 Å². The van der Waals surface area contributed by atoms with E-state index in [0.29, 0.717) is 11.4 Å². The molecular weight excluding hydrogens is 364 g/mol. The van der Waals surface area contributed by atoms with E-state index in [2.05, 4.69) is 47.2 Å². The number of halogens is 2. The zero-order chi connectivity index (χ0) is 13.1. The van der Waals surface area contributed by atoms with E-state index in [1.54, 1.807) is 17.1 Å². The van der Waals surface area contributed by atoms with Crippen molar-refractivity contribution in [3.8, 4) is 0 Å². The molecule has 2 aromatic heterocycles. The van der Waals surface area contributed by atoms with Gasteiger partial charge in [0.25, 0.3) is 0 Å². The van der Waals surface area contributed by atoms with E-state index in [0.717, 1.165) is 21.9 Å². The SMILES string of the molecule is CCCn1nncc1C(O)c1ncc(Br)cc1Br. The van der Waals surface area contributed by atoms with Crippen LogP contribution in [0, 0.1) is 0 Å². The second-order valence-corrected chi connectivity index (χ2v) is 5.58. The molecule has 0 aliphatic rings. The predicted octanol–water partition coefficient (Wildman–Crippen LogP) is 2.69. The molecule has 7 heteroatoms. The summed E-state index contributed by atoms with van der Waals surface area (Å²) >= 11 is 6.72. The Morgan fingerprint density at radius 1 is 1.39 bits per heavy atom. The second-order valence-electron chi connectivity index (χ2n) is 3.81. The lowest BCUT2D eigenvalue weighted by Crippen LogP contribution is -2.11. The molecule has 0 amide bonds. The van der Waals surface area contributed by atoms with Crippen molar-refractivity contribution in [3.05, 3.63) is 38.8 Å². The van der Waals surface area contributed by atoms with Crippen molar-refractivity contribution < 1.29 is 5.11 Å². The van der Waals surface area contributed by atoms with Crippen molar-refractivity contribution in [2.75, 3.05) is 0 Å². The summed E-state index contributed by atoms with van der Waals surface area (Å²) in [6.07, 6.45) is 3.31. The first kappa shape index (κ1) is 13.6.